The third-order valence-corrected chi connectivity index (χ3v) is 3.95. The maximum absolute atomic E-state index is 12.8. The third kappa shape index (κ3) is 2.04. The van der Waals surface area contributed by atoms with Crippen molar-refractivity contribution in [1.82, 2.24) is 0 Å². The van der Waals surface area contributed by atoms with Crippen molar-refractivity contribution < 1.29 is 18.6 Å². The van der Waals surface area contributed by atoms with Gasteiger partial charge in [-0.2, -0.15) is 0 Å². The molecular weight excluding hydrogens is 272 g/mol. The average molecular weight is 290 g/mol. The van der Waals surface area contributed by atoms with Crippen LogP contribution < -0.4 is 19.6 Å². The zero-order valence-electron chi connectivity index (χ0n) is 12.4. The number of rotatable bonds is 3. The lowest BCUT2D eigenvalue weighted by molar-refractivity contribution is 0.345. The van der Waals surface area contributed by atoms with E-state index in [0.29, 0.717) is 28.2 Å². The first-order chi connectivity index (χ1) is 10.2. The summed E-state index contributed by atoms with van der Waals surface area (Å²) in [6.45, 7) is 0. The summed E-state index contributed by atoms with van der Waals surface area (Å²) in [6.07, 6.45) is 3.58. The van der Waals surface area contributed by atoms with Crippen molar-refractivity contribution in [3.05, 3.63) is 27.6 Å². The maximum atomic E-state index is 12.8. The molecule has 0 saturated carbocycles. The summed E-state index contributed by atoms with van der Waals surface area (Å²) in [5, 5.41) is 0.427. The average Bonchev–Trinajstić information content (AvgIpc) is 2.53. The van der Waals surface area contributed by atoms with E-state index in [1.807, 2.05) is 0 Å². The van der Waals surface area contributed by atoms with Gasteiger partial charge in [0.25, 0.3) is 0 Å². The molecule has 0 saturated heterocycles. The summed E-state index contributed by atoms with van der Waals surface area (Å²) in [7, 11) is 4.60. The Labute approximate surface area is 122 Å². The molecule has 0 radical (unpaired) electrons. The number of hydrogen-bond donors (Lipinski definition) is 0. The summed E-state index contributed by atoms with van der Waals surface area (Å²) in [5.74, 6) is 2.12. The van der Waals surface area contributed by atoms with Crippen molar-refractivity contribution in [1.29, 1.82) is 0 Å². The van der Waals surface area contributed by atoms with Gasteiger partial charge in [0.1, 0.15) is 16.9 Å². The molecule has 1 aromatic carbocycles. The Balaban J connectivity index is 2.46. The van der Waals surface area contributed by atoms with Crippen LogP contribution >= 0.6 is 0 Å². The lowest BCUT2D eigenvalue weighted by Crippen LogP contribution is -2.17. The van der Waals surface area contributed by atoms with Crippen molar-refractivity contribution in [2.24, 2.45) is 0 Å². The minimum absolute atomic E-state index is 0.0243. The normalized spacial score (nSPS) is 13.9. The Morgan fingerprint density at radius 2 is 1.71 bits per heavy atom. The van der Waals surface area contributed by atoms with E-state index in [9.17, 15) is 4.79 Å². The predicted octanol–water partition coefficient (Wildman–Crippen LogP) is 2.70. The highest BCUT2D eigenvalue weighted by atomic mass is 16.5. The molecule has 1 heterocycles. The number of benzene rings is 1. The summed E-state index contributed by atoms with van der Waals surface area (Å²) in [4.78, 5) is 12.8. The molecule has 0 spiro atoms. The summed E-state index contributed by atoms with van der Waals surface area (Å²) >= 11 is 0. The molecule has 5 heteroatoms. The summed E-state index contributed by atoms with van der Waals surface area (Å²) in [6, 6.07) is 1.66. The standard InChI is InChI=1S/C16H18O5/c1-18-11-8-12(19-2)15(20-3)16-13(11)14(17)9-6-4-5-7-10(9)21-16/h8H,4-7H2,1-3H3. The van der Waals surface area contributed by atoms with E-state index in [1.165, 1.54) is 14.2 Å². The van der Waals surface area contributed by atoms with Gasteiger partial charge in [0.05, 0.1) is 21.3 Å². The number of fused-ring (bicyclic) bond motifs is 2. The molecule has 0 unspecified atom stereocenters. The van der Waals surface area contributed by atoms with Gasteiger partial charge >= 0.3 is 0 Å². The van der Waals surface area contributed by atoms with Gasteiger partial charge in [-0.05, 0) is 19.3 Å². The fraction of sp³-hybridized carbons (Fsp3) is 0.438. The SMILES string of the molecule is COc1cc(OC)c2c(=O)c3c(oc2c1OC)CCCC3. The molecule has 0 bridgehead atoms. The lowest BCUT2D eigenvalue weighted by Gasteiger charge is -2.18. The van der Waals surface area contributed by atoms with E-state index in [4.69, 9.17) is 18.6 Å². The van der Waals surface area contributed by atoms with Crippen LogP contribution in [-0.4, -0.2) is 21.3 Å². The van der Waals surface area contributed by atoms with E-state index in [0.717, 1.165) is 37.0 Å². The van der Waals surface area contributed by atoms with Gasteiger partial charge in [-0.15, -0.1) is 0 Å². The number of aryl methyl sites for hydroxylation is 1. The minimum Gasteiger partial charge on any atom is -0.496 e. The van der Waals surface area contributed by atoms with Crippen LogP contribution in [0.4, 0.5) is 0 Å². The highest BCUT2D eigenvalue weighted by molar-refractivity contribution is 5.91. The highest BCUT2D eigenvalue weighted by Gasteiger charge is 2.24. The third-order valence-electron chi connectivity index (χ3n) is 3.95. The first-order valence-electron chi connectivity index (χ1n) is 6.98. The molecule has 2 aromatic rings. The Morgan fingerprint density at radius 3 is 2.38 bits per heavy atom. The minimum atomic E-state index is -0.0243. The highest BCUT2D eigenvalue weighted by Crippen LogP contribution is 2.41. The van der Waals surface area contributed by atoms with Crippen LogP contribution in [0.1, 0.15) is 24.2 Å². The van der Waals surface area contributed by atoms with Gasteiger partial charge in [0.15, 0.2) is 16.8 Å². The molecular formula is C16H18O5. The lowest BCUT2D eigenvalue weighted by atomic mass is 9.95. The van der Waals surface area contributed by atoms with Gasteiger partial charge in [0, 0.05) is 18.1 Å². The zero-order chi connectivity index (χ0) is 15.0. The molecule has 1 aliphatic carbocycles. The van der Waals surface area contributed by atoms with Crippen LogP contribution in [0, 0.1) is 0 Å². The first-order valence-corrected chi connectivity index (χ1v) is 6.98. The van der Waals surface area contributed by atoms with Crippen molar-refractivity contribution >= 4 is 11.0 Å². The van der Waals surface area contributed by atoms with E-state index < -0.39 is 0 Å². The Hall–Kier alpha value is -2.17. The monoisotopic (exact) mass is 290 g/mol. The largest absolute Gasteiger partial charge is 0.496 e. The van der Waals surface area contributed by atoms with Gasteiger partial charge in [-0.3, -0.25) is 4.79 Å². The second kappa shape index (κ2) is 5.31. The molecule has 1 aromatic heterocycles. The maximum Gasteiger partial charge on any atom is 0.205 e. The quantitative estimate of drug-likeness (QED) is 0.870. The van der Waals surface area contributed by atoms with Crippen LogP contribution in [-0.2, 0) is 12.8 Å². The topological polar surface area (TPSA) is 57.9 Å². The second-order valence-electron chi connectivity index (χ2n) is 5.06. The summed E-state index contributed by atoms with van der Waals surface area (Å²) in [5.41, 5.74) is 1.14. The first kappa shape index (κ1) is 13.8. The second-order valence-corrected chi connectivity index (χ2v) is 5.06. The molecule has 0 N–H and O–H groups in total. The fourth-order valence-corrected chi connectivity index (χ4v) is 2.92. The van der Waals surface area contributed by atoms with E-state index in [-0.39, 0.29) is 5.43 Å². The van der Waals surface area contributed by atoms with Gasteiger partial charge < -0.3 is 18.6 Å². The van der Waals surface area contributed by atoms with E-state index >= 15 is 0 Å². The molecule has 0 fully saturated rings. The number of ether oxygens (including phenoxy) is 3. The molecule has 21 heavy (non-hydrogen) atoms. The molecule has 0 aliphatic heterocycles. The van der Waals surface area contributed by atoms with E-state index in [2.05, 4.69) is 0 Å². The van der Waals surface area contributed by atoms with Crippen molar-refractivity contribution in [3.63, 3.8) is 0 Å². The van der Waals surface area contributed by atoms with Crippen LogP contribution in [0.3, 0.4) is 0 Å². The molecule has 1 aliphatic rings. The summed E-state index contributed by atoms with van der Waals surface area (Å²) < 4.78 is 22.0. The van der Waals surface area contributed by atoms with Gasteiger partial charge in [-0.1, -0.05) is 0 Å². The van der Waals surface area contributed by atoms with Crippen LogP contribution in [0.15, 0.2) is 15.3 Å². The van der Waals surface area contributed by atoms with Crippen LogP contribution in [0.5, 0.6) is 17.2 Å². The van der Waals surface area contributed by atoms with Crippen molar-refractivity contribution in [2.45, 2.75) is 25.7 Å². The van der Waals surface area contributed by atoms with Gasteiger partial charge in [0.2, 0.25) is 5.75 Å². The smallest absolute Gasteiger partial charge is 0.205 e. The molecule has 5 nitrogen and oxygen atoms in total. The Bertz CT molecular complexity index is 745. The zero-order valence-corrected chi connectivity index (χ0v) is 12.4. The number of hydrogen-bond acceptors (Lipinski definition) is 5. The molecule has 3 rings (SSSR count). The van der Waals surface area contributed by atoms with Crippen LogP contribution in [0.2, 0.25) is 0 Å². The number of methoxy groups -OCH3 is 3. The molecule has 0 amide bonds. The predicted molar refractivity (Wildman–Crippen MR) is 78.8 cm³/mol. The van der Waals surface area contributed by atoms with Crippen molar-refractivity contribution in [3.8, 4) is 17.2 Å². The fourth-order valence-electron chi connectivity index (χ4n) is 2.92. The van der Waals surface area contributed by atoms with Crippen molar-refractivity contribution in [2.75, 3.05) is 21.3 Å². The Morgan fingerprint density at radius 1 is 1.00 bits per heavy atom. The van der Waals surface area contributed by atoms with Crippen LogP contribution in [0.25, 0.3) is 11.0 Å². The molecule has 112 valence electrons. The van der Waals surface area contributed by atoms with E-state index in [1.54, 1.807) is 13.2 Å². The molecule has 0 atom stereocenters. The Kier molecular flexibility index (Phi) is 3.49. The van der Waals surface area contributed by atoms with Gasteiger partial charge in [-0.25, -0.2) is 0 Å².